The van der Waals surface area contributed by atoms with E-state index in [9.17, 15) is 5.11 Å². The summed E-state index contributed by atoms with van der Waals surface area (Å²) in [6.45, 7) is 1.96. The van der Waals surface area contributed by atoms with Crippen LogP contribution in [0.3, 0.4) is 0 Å². The Hall–Kier alpha value is -2.00. The zero-order valence-corrected chi connectivity index (χ0v) is 11.3. The standard InChI is InChI=1S/C16H19NO2/c1-16(12-18,13-8-4-3-5-9-13)17-14-10-6-7-11-15(14)19-2/h3-11,17-18H,12H2,1-2H3/t16-/m0/s1. The van der Waals surface area contributed by atoms with Crippen LogP contribution >= 0.6 is 0 Å². The molecule has 2 aromatic rings. The molecule has 19 heavy (non-hydrogen) atoms. The summed E-state index contributed by atoms with van der Waals surface area (Å²) in [5.41, 5.74) is 1.35. The summed E-state index contributed by atoms with van der Waals surface area (Å²) < 4.78 is 5.33. The molecule has 0 unspecified atom stereocenters. The second kappa shape index (κ2) is 5.76. The van der Waals surface area contributed by atoms with E-state index in [-0.39, 0.29) is 6.61 Å². The van der Waals surface area contributed by atoms with Crippen molar-refractivity contribution in [3.05, 3.63) is 60.2 Å². The van der Waals surface area contributed by atoms with Gasteiger partial charge in [0.15, 0.2) is 0 Å². The van der Waals surface area contributed by atoms with Gasteiger partial charge in [-0.15, -0.1) is 0 Å². The van der Waals surface area contributed by atoms with Crippen LogP contribution in [0.1, 0.15) is 12.5 Å². The van der Waals surface area contributed by atoms with Crippen LogP contribution in [0.4, 0.5) is 5.69 Å². The van der Waals surface area contributed by atoms with Crippen molar-refractivity contribution in [1.29, 1.82) is 0 Å². The summed E-state index contributed by atoms with van der Waals surface area (Å²) in [4.78, 5) is 0. The molecule has 2 rings (SSSR count). The first-order valence-corrected chi connectivity index (χ1v) is 6.27. The average molecular weight is 257 g/mol. The van der Waals surface area contributed by atoms with Crippen LogP contribution in [0.15, 0.2) is 54.6 Å². The minimum Gasteiger partial charge on any atom is -0.495 e. The topological polar surface area (TPSA) is 41.5 Å². The molecule has 0 fully saturated rings. The Bertz CT molecular complexity index is 527. The van der Waals surface area contributed by atoms with Gasteiger partial charge in [0.2, 0.25) is 0 Å². The molecule has 0 radical (unpaired) electrons. The van der Waals surface area contributed by atoms with Crippen molar-refractivity contribution in [3.8, 4) is 5.75 Å². The maximum Gasteiger partial charge on any atom is 0.141 e. The zero-order valence-electron chi connectivity index (χ0n) is 11.3. The third kappa shape index (κ3) is 2.88. The van der Waals surface area contributed by atoms with Crippen LogP contribution in [0, 0.1) is 0 Å². The molecule has 0 heterocycles. The number of aliphatic hydroxyl groups is 1. The Morgan fingerprint density at radius 1 is 1.05 bits per heavy atom. The maximum atomic E-state index is 9.76. The van der Waals surface area contributed by atoms with Gasteiger partial charge >= 0.3 is 0 Å². The third-order valence-corrected chi connectivity index (χ3v) is 3.24. The lowest BCUT2D eigenvalue weighted by Crippen LogP contribution is -2.35. The van der Waals surface area contributed by atoms with Crippen LogP contribution in [-0.2, 0) is 5.54 Å². The number of hydrogen-bond donors (Lipinski definition) is 2. The first-order chi connectivity index (χ1) is 9.19. The quantitative estimate of drug-likeness (QED) is 0.865. The van der Waals surface area contributed by atoms with Gasteiger partial charge in [0.1, 0.15) is 5.75 Å². The van der Waals surface area contributed by atoms with Crippen LogP contribution in [-0.4, -0.2) is 18.8 Å². The van der Waals surface area contributed by atoms with Gasteiger partial charge in [0.25, 0.3) is 0 Å². The van der Waals surface area contributed by atoms with Crippen LogP contribution in [0.5, 0.6) is 5.75 Å². The number of rotatable bonds is 5. The van der Waals surface area contributed by atoms with E-state index in [0.29, 0.717) is 0 Å². The fraction of sp³-hybridized carbons (Fsp3) is 0.250. The van der Waals surface area contributed by atoms with Gasteiger partial charge in [-0.3, -0.25) is 0 Å². The molecular formula is C16H19NO2. The molecule has 3 nitrogen and oxygen atoms in total. The Balaban J connectivity index is 2.33. The summed E-state index contributed by atoms with van der Waals surface area (Å²) >= 11 is 0. The molecular weight excluding hydrogens is 238 g/mol. The minimum absolute atomic E-state index is 0.00490. The van der Waals surface area contributed by atoms with E-state index in [4.69, 9.17) is 4.74 Å². The number of methoxy groups -OCH3 is 1. The summed E-state index contributed by atoms with van der Waals surface area (Å²) in [7, 11) is 1.64. The smallest absolute Gasteiger partial charge is 0.141 e. The molecule has 0 bridgehead atoms. The Kier molecular flexibility index (Phi) is 4.07. The van der Waals surface area contributed by atoms with Crippen LogP contribution in [0.2, 0.25) is 0 Å². The molecule has 1 atom stereocenters. The van der Waals surface area contributed by atoms with Gasteiger partial charge in [-0.25, -0.2) is 0 Å². The van der Waals surface area contributed by atoms with Crippen molar-refractivity contribution in [3.63, 3.8) is 0 Å². The Labute approximate surface area is 113 Å². The highest BCUT2D eigenvalue weighted by atomic mass is 16.5. The number of nitrogens with one attached hydrogen (secondary N) is 1. The van der Waals surface area contributed by atoms with Gasteiger partial charge in [-0.05, 0) is 24.6 Å². The molecule has 0 saturated carbocycles. The van der Waals surface area contributed by atoms with Gasteiger partial charge in [0.05, 0.1) is 24.9 Å². The molecule has 100 valence electrons. The van der Waals surface area contributed by atoms with Crippen molar-refractivity contribution in [2.24, 2.45) is 0 Å². The molecule has 0 aliphatic carbocycles. The third-order valence-electron chi connectivity index (χ3n) is 3.24. The van der Waals surface area contributed by atoms with E-state index in [1.807, 2.05) is 61.5 Å². The van der Waals surface area contributed by atoms with Gasteiger partial charge in [-0.1, -0.05) is 42.5 Å². The fourth-order valence-electron chi connectivity index (χ4n) is 2.05. The number of ether oxygens (including phenoxy) is 1. The number of hydrogen-bond acceptors (Lipinski definition) is 3. The van der Waals surface area contributed by atoms with E-state index in [1.54, 1.807) is 7.11 Å². The zero-order chi connectivity index (χ0) is 13.7. The van der Waals surface area contributed by atoms with E-state index in [0.717, 1.165) is 17.0 Å². The number of benzene rings is 2. The highest BCUT2D eigenvalue weighted by Gasteiger charge is 2.26. The second-order valence-corrected chi connectivity index (χ2v) is 4.68. The predicted octanol–water partition coefficient (Wildman–Crippen LogP) is 3.01. The lowest BCUT2D eigenvalue weighted by atomic mass is 9.92. The lowest BCUT2D eigenvalue weighted by Gasteiger charge is -2.31. The molecule has 0 aliphatic rings. The second-order valence-electron chi connectivity index (χ2n) is 4.68. The Morgan fingerprint density at radius 3 is 2.32 bits per heavy atom. The van der Waals surface area contributed by atoms with Crippen molar-refractivity contribution in [2.45, 2.75) is 12.5 Å². The molecule has 3 heteroatoms. The van der Waals surface area contributed by atoms with Crippen molar-refractivity contribution in [1.82, 2.24) is 0 Å². The summed E-state index contributed by atoms with van der Waals surface area (Å²) in [5, 5.41) is 13.1. The van der Waals surface area contributed by atoms with Gasteiger partial charge < -0.3 is 15.2 Å². The van der Waals surface area contributed by atoms with E-state index < -0.39 is 5.54 Å². The molecule has 2 N–H and O–H groups in total. The number of para-hydroxylation sites is 2. The molecule has 0 amide bonds. The normalized spacial score (nSPS) is 13.6. The maximum absolute atomic E-state index is 9.76. The number of aliphatic hydroxyl groups excluding tert-OH is 1. The largest absolute Gasteiger partial charge is 0.495 e. The highest BCUT2D eigenvalue weighted by molar-refractivity contribution is 5.58. The summed E-state index contributed by atoms with van der Waals surface area (Å²) in [6, 6.07) is 17.6. The lowest BCUT2D eigenvalue weighted by molar-refractivity contribution is 0.223. The van der Waals surface area contributed by atoms with Crippen molar-refractivity contribution >= 4 is 5.69 Å². The molecule has 0 saturated heterocycles. The number of anilines is 1. The molecule has 2 aromatic carbocycles. The summed E-state index contributed by atoms with van der Waals surface area (Å²) in [6.07, 6.45) is 0. The van der Waals surface area contributed by atoms with Crippen molar-refractivity contribution in [2.75, 3.05) is 19.0 Å². The molecule has 0 aromatic heterocycles. The van der Waals surface area contributed by atoms with Gasteiger partial charge in [-0.2, -0.15) is 0 Å². The van der Waals surface area contributed by atoms with Gasteiger partial charge in [0, 0.05) is 0 Å². The summed E-state index contributed by atoms with van der Waals surface area (Å²) in [5.74, 6) is 0.762. The van der Waals surface area contributed by atoms with Crippen LogP contribution in [0.25, 0.3) is 0 Å². The molecule has 0 aliphatic heterocycles. The molecule has 0 spiro atoms. The monoisotopic (exact) mass is 257 g/mol. The predicted molar refractivity (Wildman–Crippen MR) is 77.5 cm³/mol. The highest BCUT2D eigenvalue weighted by Crippen LogP contribution is 2.31. The average Bonchev–Trinajstić information content (AvgIpc) is 2.48. The van der Waals surface area contributed by atoms with E-state index >= 15 is 0 Å². The minimum atomic E-state index is -0.546. The first-order valence-electron chi connectivity index (χ1n) is 6.27. The van der Waals surface area contributed by atoms with E-state index in [1.165, 1.54) is 0 Å². The fourth-order valence-corrected chi connectivity index (χ4v) is 2.05. The van der Waals surface area contributed by atoms with E-state index in [2.05, 4.69) is 5.32 Å². The van der Waals surface area contributed by atoms with Crippen molar-refractivity contribution < 1.29 is 9.84 Å². The first kappa shape index (κ1) is 13.4. The van der Waals surface area contributed by atoms with Crippen LogP contribution < -0.4 is 10.1 Å². The Morgan fingerprint density at radius 2 is 1.68 bits per heavy atom. The SMILES string of the molecule is COc1ccccc1N[C@@](C)(CO)c1ccccc1.